The lowest BCUT2D eigenvalue weighted by Gasteiger charge is -2.42. The molecular formula is C10H20N2. The molecule has 2 saturated heterocycles. The molecule has 2 fully saturated rings. The first-order valence-corrected chi connectivity index (χ1v) is 5.36. The van der Waals surface area contributed by atoms with E-state index in [9.17, 15) is 0 Å². The Morgan fingerprint density at radius 2 is 2.25 bits per heavy atom. The Balaban J connectivity index is 1.90. The van der Waals surface area contributed by atoms with Gasteiger partial charge in [0, 0.05) is 12.6 Å². The number of fused-ring (bicyclic) bond motifs is 2. The van der Waals surface area contributed by atoms with Crippen LogP contribution in [0.5, 0.6) is 0 Å². The minimum Gasteiger partial charge on any atom is -0.314 e. The number of nitrogens with one attached hydrogen (secondary N) is 1. The summed E-state index contributed by atoms with van der Waals surface area (Å²) in [5.41, 5.74) is 0. The second kappa shape index (κ2) is 3.75. The summed E-state index contributed by atoms with van der Waals surface area (Å²) < 4.78 is 0. The summed E-state index contributed by atoms with van der Waals surface area (Å²) in [5.74, 6) is 0.951. The van der Waals surface area contributed by atoms with Crippen molar-refractivity contribution in [3.8, 4) is 0 Å². The lowest BCUT2D eigenvalue weighted by atomic mass is 9.85. The Morgan fingerprint density at radius 3 is 3.08 bits per heavy atom. The third-order valence-corrected chi connectivity index (χ3v) is 3.33. The highest BCUT2D eigenvalue weighted by molar-refractivity contribution is 4.87. The van der Waals surface area contributed by atoms with E-state index < -0.39 is 0 Å². The zero-order chi connectivity index (χ0) is 8.39. The van der Waals surface area contributed by atoms with Crippen molar-refractivity contribution in [3.63, 3.8) is 0 Å². The van der Waals surface area contributed by atoms with Gasteiger partial charge in [0.25, 0.3) is 0 Å². The van der Waals surface area contributed by atoms with Crippen molar-refractivity contribution in [1.29, 1.82) is 0 Å². The second-order valence-electron chi connectivity index (χ2n) is 4.16. The molecule has 2 aliphatic heterocycles. The summed E-state index contributed by atoms with van der Waals surface area (Å²) >= 11 is 0. The predicted molar refractivity (Wildman–Crippen MR) is 51.2 cm³/mol. The van der Waals surface area contributed by atoms with E-state index >= 15 is 0 Å². The molecule has 0 spiro atoms. The summed E-state index contributed by atoms with van der Waals surface area (Å²) in [4.78, 5) is 2.63. The Bertz CT molecular complexity index is 145. The van der Waals surface area contributed by atoms with Gasteiger partial charge in [-0.05, 0) is 44.8 Å². The summed E-state index contributed by atoms with van der Waals surface area (Å²) in [7, 11) is 0. The molecule has 2 rings (SSSR count). The molecule has 0 radical (unpaired) electrons. The van der Waals surface area contributed by atoms with Gasteiger partial charge in [0.2, 0.25) is 0 Å². The van der Waals surface area contributed by atoms with Gasteiger partial charge in [0.1, 0.15) is 0 Å². The Kier molecular flexibility index (Phi) is 2.66. The van der Waals surface area contributed by atoms with Crippen molar-refractivity contribution in [2.45, 2.75) is 32.2 Å². The Labute approximate surface area is 75.3 Å². The molecule has 0 aromatic heterocycles. The minimum atomic E-state index is 0.826. The maximum Gasteiger partial charge on any atom is 0.0120 e. The fraction of sp³-hybridized carbons (Fsp3) is 1.00. The van der Waals surface area contributed by atoms with Crippen LogP contribution in [0.2, 0.25) is 0 Å². The van der Waals surface area contributed by atoms with Crippen LogP contribution >= 0.6 is 0 Å². The molecule has 0 aromatic carbocycles. The van der Waals surface area contributed by atoms with E-state index in [1.165, 1.54) is 38.9 Å². The fourth-order valence-electron chi connectivity index (χ4n) is 2.71. The van der Waals surface area contributed by atoms with Crippen LogP contribution in [0, 0.1) is 5.92 Å². The van der Waals surface area contributed by atoms with Gasteiger partial charge in [-0.25, -0.2) is 0 Å². The van der Waals surface area contributed by atoms with Crippen molar-refractivity contribution in [2.75, 3.05) is 26.2 Å². The molecule has 1 N–H and O–H groups in total. The summed E-state index contributed by atoms with van der Waals surface area (Å²) in [6.45, 7) is 7.40. The number of hydrogen-bond donors (Lipinski definition) is 1. The van der Waals surface area contributed by atoms with E-state index in [1.807, 2.05) is 0 Å². The molecule has 2 nitrogen and oxygen atoms in total. The number of nitrogens with zero attached hydrogens (tertiary/aromatic N) is 1. The predicted octanol–water partition coefficient (Wildman–Crippen LogP) is 1.08. The molecule has 3 atom stereocenters. The maximum absolute atomic E-state index is 3.61. The molecule has 2 aliphatic rings. The third-order valence-electron chi connectivity index (χ3n) is 3.33. The first kappa shape index (κ1) is 8.52. The number of hydrogen-bond acceptors (Lipinski definition) is 2. The zero-order valence-electron chi connectivity index (χ0n) is 8.05. The molecule has 3 unspecified atom stereocenters. The first-order chi connectivity index (χ1) is 5.90. The molecule has 2 heterocycles. The number of piperidine rings is 2. The van der Waals surface area contributed by atoms with Gasteiger partial charge in [-0.15, -0.1) is 0 Å². The lowest BCUT2D eigenvalue weighted by molar-refractivity contribution is 0.0930. The van der Waals surface area contributed by atoms with E-state index in [2.05, 4.69) is 17.1 Å². The second-order valence-corrected chi connectivity index (χ2v) is 4.16. The highest BCUT2D eigenvalue weighted by atomic mass is 15.2. The molecule has 70 valence electrons. The quantitative estimate of drug-likeness (QED) is 0.664. The minimum absolute atomic E-state index is 0.826. The maximum atomic E-state index is 3.61. The van der Waals surface area contributed by atoms with Gasteiger partial charge in [-0.1, -0.05) is 6.92 Å². The molecule has 0 amide bonds. The Hall–Kier alpha value is -0.0800. The highest BCUT2D eigenvalue weighted by Crippen LogP contribution is 2.26. The molecule has 2 heteroatoms. The first-order valence-electron chi connectivity index (χ1n) is 5.36. The standard InChI is InChI=1S/C10H20N2/c1-2-11-10-5-7-12-6-3-4-9(10)8-12/h9-11H,2-8H2,1H3. The molecule has 2 bridgehead atoms. The zero-order valence-corrected chi connectivity index (χ0v) is 8.05. The van der Waals surface area contributed by atoms with Crippen molar-refractivity contribution >= 4 is 0 Å². The molecular weight excluding hydrogens is 148 g/mol. The highest BCUT2D eigenvalue weighted by Gasteiger charge is 2.30. The van der Waals surface area contributed by atoms with Crippen LogP contribution < -0.4 is 5.32 Å². The van der Waals surface area contributed by atoms with Gasteiger partial charge in [0.05, 0.1) is 0 Å². The van der Waals surface area contributed by atoms with Gasteiger partial charge >= 0.3 is 0 Å². The molecule has 0 aromatic rings. The van der Waals surface area contributed by atoms with E-state index in [0.29, 0.717) is 0 Å². The van der Waals surface area contributed by atoms with Crippen molar-refractivity contribution in [3.05, 3.63) is 0 Å². The number of rotatable bonds is 2. The van der Waals surface area contributed by atoms with E-state index in [4.69, 9.17) is 0 Å². The van der Waals surface area contributed by atoms with Gasteiger partial charge in [0.15, 0.2) is 0 Å². The average molecular weight is 168 g/mol. The summed E-state index contributed by atoms with van der Waals surface area (Å²) in [6.07, 6.45) is 4.25. The van der Waals surface area contributed by atoms with Crippen LogP contribution in [-0.2, 0) is 0 Å². The van der Waals surface area contributed by atoms with Crippen LogP contribution in [0.1, 0.15) is 26.2 Å². The van der Waals surface area contributed by atoms with Crippen molar-refractivity contribution in [1.82, 2.24) is 10.2 Å². The van der Waals surface area contributed by atoms with Crippen molar-refractivity contribution in [2.24, 2.45) is 5.92 Å². The Morgan fingerprint density at radius 1 is 1.33 bits per heavy atom. The van der Waals surface area contributed by atoms with E-state index in [0.717, 1.165) is 18.5 Å². The van der Waals surface area contributed by atoms with Crippen LogP contribution in [0.25, 0.3) is 0 Å². The van der Waals surface area contributed by atoms with Crippen LogP contribution in [0.4, 0.5) is 0 Å². The molecule has 0 aliphatic carbocycles. The smallest absolute Gasteiger partial charge is 0.0120 e. The van der Waals surface area contributed by atoms with Crippen LogP contribution in [0.15, 0.2) is 0 Å². The lowest BCUT2D eigenvalue weighted by Crippen LogP contribution is -2.52. The monoisotopic (exact) mass is 168 g/mol. The van der Waals surface area contributed by atoms with Crippen LogP contribution in [-0.4, -0.2) is 37.1 Å². The van der Waals surface area contributed by atoms with Gasteiger partial charge in [-0.3, -0.25) is 0 Å². The topological polar surface area (TPSA) is 15.3 Å². The third kappa shape index (κ3) is 1.64. The molecule has 0 saturated carbocycles. The van der Waals surface area contributed by atoms with E-state index in [1.54, 1.807) is 0 Å². The fourth-order valence-corrected chi connectivity index (χ4v) is 2.71. The summed E-state index contributed by atoms with van der Waals surface area (Å²) in [5, 5.41) is 3.61. The average Bonchev–Trinajstić information content (AvgIpc) is 2.11. The van der Waals surface area contributed by atoms with Crippen LogP contribution in [0.3, 0.4) is 0 Å². The van der Waals surface area contributed by atoms with E-state index in [-0.39, 0.29) is 0 Å². The summed E-state index contributed by atoms with van der Waals surface area (Å²) in [6, 6.07) is 0.826. The van der Waals surface area contributed by atoms with Crippen molar-refractivity contribution < 1.29 is 0 Å². The molecule has 12 heavy (non-hydrogen) atoms. The van der Waals surface area contributed by atoms with Gasteiger partial charge in [-0.2, -0.15) is 0 Å². The SMILES string of the molecule is CCNC1CCN2CCCC1C2. The van der Waals surface area contributed by atoms with Gasteiger partial charge < -0.3 is 10.2 Å². The normalized spacial score (nSPS) is 41.2. The largest absolute Gasteiger partial charge is 0.314 e.